The van der Waals surface area contributed by atoms with Crippen molar-refractivity contribution in [2.75, 3.05) is 18.4 Å². The summed E-state index contributed by atoms with van der Waals surface area (Å²) in [5.74, 6) is 0.353. The molecule has 0 radical (unpaired) electrons. The molecule has 0 aliphatic rings. The summed E-state index contributed by atoms with van der Waals surface area (Å²) in [5, 5.41) is 2.85. The predicted molar refractivity (Wildman–Crippen MR) is 81.5 cm³/mol. The van der Waals surface area contributed by atoms with Gasteiger partial charge in [-0.15, -0.1) is 0 Å². The Balaban J connectivity index is 2.47. The molecule has 1 aromatic carbocycles. The molecule has 0 saturated heterocycles. The van der Waals surface area contributed by atoms with E-state index in [4.69, 9.17) is 0 Å². The number of anilines is 1. The Labute approximate surface area is 121 Å². The van der Waals surface area contributed by atoms with E-state index in [0.29, 0.717) is 25.4 Å². The second-order valence-corrected chi connectivity index (χ2v) is 5.53. The van der Waals surface area contributed by atoms with Crippen molar-refractivity contribution in [1.29, 1.82) is 0 Å². The molecule has 1 N–H and O–H groups in total. The summed E-state index contributed by atoms with van der Waals surface area (Å²) in [7, 11) is 0. The highest BCUT2D eigenvalue weighted by molar-refractivity contribution is 5.91. The summed E-state index contributed by atoms with van der Waals surface area (Å²) in [6, 6.07) is 7.68. The van der Waals surface area contributed by atoms with Gasteiger partial charge in [-0.05, 0) is 30.5 Å². The monoisotopic (exact) mass is 276 g/mol. The summed E-state index contributed by atoms with van der Waals surface area (Å²) >= 11 is 0. The molecule has 0 aromatic heterocycles. The third-order valence-corrected chi connectivity index (χ3v) is 2.94. The van der Waals surface area contributed by atoms with Crippen LogP contribution in [0.5, 0.6) is 0 Å². The van der Waals surface area contributed by atoms with Crippen molar-refractivity contribution in [3.05, 3.63) is 29.8 Å². The Morgan fingerprint density at radius 1 is 1.30 bits per heavy atom. The van der Waals surface area contributed by atoms with Crippen LogP contribution in [0.4, 0.5) is 5.69 Å². The van der Waals surface area contributed by atoms with Crippen molar-refractivity contribution in [2.45, 2.75) is 34.1 Å². The van der Waals surface area contributed by atoms with Crippen molar-refractivity contribution >= 4 is 17.5 Å². The fourth-order valence-electron chi connectivity index (χ4n) is 2.00. The van der Waals surface area contributed by atoms with Crippen molar-refractivity contribution < 1.29 is 9.59 Å². The van der Waals surface area contributed by atoms with Crippen LogP contribution in [0, 0.1) is 12.8 Å². The summed E-state index contributed by atoms with van der Waals surface area (Å²) in [5.41, 5.74) is 1.90. The lowest BCUT2D eigenvalue weighted by Gasteiger charge is -2.22. The third-order valence-electron chi connectivity index (χ3n) is 2.94. The van der Waals surface area contributed by atoms with Gasteiger partial charge >= 0.3 is 0 Å². The largest absolute Gasteiger partial charge is 0.342 e. The van der Waals surface area contributed by atoms with E-state index >= 15 is 0 Å². The molecule has 0 unspecified atom stereocenters. The van der Waals surface area contributed by atoms with Crippen molar-refractivity contribution in [2.24, 2.45) is 5.92 Å². The number of amides is 2. The minimum atomic E-state index is -0.0643. The van der Waals surface area contributed by atoms with Crippen LogP contribution < -0.4 is 5.32 Å². The molecule has 0 atom stereocenters. The van der Waals surface area contributed by atoms with Crippen molar-refractivity contribution in [1.82, 2.24) is 4.90 Å². The highest BCUT2D eigenvalue weighted by atomic mass is 16.2. The van der Waals surface area contributed by atoms with Crippen LogP contribution in [-0.4, -0.2) is 29.8 Å². The van der Waals surface area contributed by atoms with E-state index in [1.165, 1.54) is 0 Å². The molecule has 1 rings (SSSR count). The third kappa shape index (κ3) is 5.87. The van der Waals surface area contributed by atoms with E-state index in [2.05, 4.69) is 19.2 Å². The maximum Gasteiger partial charge on any atom is 0.226 e. The average Bonchev–Trinajstić information content (AvgIpc) is 2.33. The quantitative estimate of drug-likeness (QED) is 0.868. The molecular weight excluding hydrogens is 252 g/mol. The molecule has 0 fully saturated rings. The number of carbonyl (C=O) groups is 2. The van der Waals surface area contributed by atoms with Crippen LogP contribution in [0.25, 0.3) is 0 Å². The summed E-state index contributed by atoms with van der Waals surface area (Å²) in [6.07, 6.45) is 0.320. The first kappa shape index (κ1) is 16.2. The Kier molecular flexibility index (Phi) is 6.22. The molecule has 0 aliphatic heterocycles. The zero-order valence-electron chi connectivity index (χ0n) is 12.8. The lowest BCUT2D eigenvalue weighted by molar-refractivity contribution is -0.129. The zero-order chi connectivity index (χ0) is 15.1. The number of carbonyl (C=O) groups excluding carboxylic acids is 2. The molecule has 20 heavy (non-hydrogen) atoms. The molecule has 0 saturated carbocycles. The molecule has 4 nitrogen and oxygen atoms in total. The lowest BCUT2D eigenvalue weighted by atomic mass is 10.2. The van der Waals surface area contributed by atoms with Gasteiger partial charge < -0.3 is 10.2 Å². The van der Waals surface area contributed by atoms with E-state index in [1.807, 2.05) is 31.2 Å². The van der Waals surface area contributed by atoms with E-state index in [0.717, 1.165) is 11.3 Å². The second-order valence-electron chi connectivity index (χ2n) is 5.53. The van der Waals surface area contributed by atoms with Crippen molar-refractivity contribution in [3.63, 3.8) is 0 Å². The maximum atomic E-state index is 11.9. The first-order valence-electron chi connectivity index (χ1n) is 7.00. The first-order valence-corrected chi connectivity index (χ1v) is 7.00. The number of aryl methyl sites for hydroxylation is 1. The number of rotatable bonds is 6. The van der Waals surface area contributed by atoms with Crippen LogP contribution in [0.1, 0.15) is 32.8 Å². The van der Waals surface area contributed by atoms with Gasteiger partial charge in [0.2, 0.25) is 11.8 Å². The molecule has 0 bridgehead atoms. The summed E-state index contributed by atoms with van der Waals surface area (Å²) in [4.78, 5) is 25.1. The molecule has 110 valence electrons. The molecule has 0 heterocycles. The first-order chi connectivity index (χ1) is 9.38. The van der Waals surface area contributed by atoms with Gasteiger partial charge in [0.1, 0.15) is 0 Å². The van der Waals surface area contributed by atoms with Gasteiger partial charge in [0, 0.05) is 32.1 Å². The van der Waals surface area contributed by atoms with Gasteiger partial charge in [-0.3, -0.25) is 9.59 Å². The van der Waals surface area contributed by atoms with E-state index < -0.39 is 0 Å². The van der Waals surface area contributed by atoms with E-state index in [9.17, 15) is 9.59 Å². The molecule has 0 spiro atoms. The Morgan fingerprint density at radius 2 is 2.00 bits per heavy atom. The normalized spacial score (nSPS) is 10.4. The van der Waals surface area contributed by atoms with Crippen LogP contribution in [0.15, 0.2) is 24.3 Å². The van der Waals surface area contributed by atoms with E-state index in [1.54, 1.807) is 11.8 Å². The Bertz CT molecular complexity index is 469. The standard InChI is InChI=1S/C16H24N2O2/c1-12(2)11-18(14(4)19)9-8-16(20)17-15-7-5-6-13(3)10-15/h5-7,10,12H,8-9,11H2,1-4H3,(H,17,20). The molecule has 2 amide bonds. The fraction of sp³-hybridized carbons (Fsp3) is 0.500. The summed E-state index contributed by atoms with van der Waals surface area (Å²) < 4.78 is 0. The van der Waals surface area contributed by atoms with Gasteiger partial charge in [0.15, 0.2) is 0 Å². The van der Waals surface area contributed by atoms with Crippen LogP contribution in [0.3, 0.4) is 0 Å². The number of hydrogen-bond acceptors (Lipinski definition) is 2. The minimum absolute atomic E-state index is 0.0158. The van der Waals surface area contributed by atoms with Gasteiger partial charge in [0.05, 0.1) is 0 Å². The van der Waals surface area contributed by atoms with Crippen LogP contribution in [0.2, 0.25) is 0 Å². The van der Waals surface area contributed by atoms with Crippen LogP contribution >= 0.6 is 0 Å². The molecular formula is C16H24N2O2. The Morgan fingerprint density at radius 3 is 2.55 bits per heavy atom. The minimum Gasteiger partial charge on any atom is -0.342 e. The lowest BCUT2D eigenvalue weighted by Crippen LogP contribution is -2.34. The highest BCUT2D eigenvalue weighted by Crippen LogP contribution is 2.10. The van der Waals surface area contributed by atoms with Gasteiger partial charge in [0.25, 0.3) is 0 Å². The highest BCUT2D eigenvalue weighted by Gasteiger charge is 2.12. The summed E-state index contributed by atoms with van der Waals surface area (Å²) in [6.45, 7) is 8.79. The molecule has 4 heteroatoms. The second kappa shape index (κ2) is 7.68. The van der Waals surface area contributed by atoms with Crippen LogP contribution in [-0.2, 0) is 9.59 Å². The Hall–Kier alpha value is -1.84. The number of nitrogens with one attached hydrogen (secondary N) is 1. The van der Waals surface area contributed by atoms with E-state index in [-0.39, 0.29) is 11.8 Å². The van der Waals surface area contributed by atoms with Gasteiger partial charge in [-0.1, -0.05) is 26.0 Å². The number of benzene rings is 1. The molecule has 1 aromatic rings. The SMILES string of the molecule is CC(=O)N(CCC(=O)Nc1cccc(C)c1)CC(C)C. The number of hydrogen-bond donors (Lipinski definition) is 1. The molecule has 0 aliphatic carbocycles. The fourth-order valence-corrected chi connectivity index (χ4v) is 2.00. The maximum absolute atomic E-state index is 11.9. The van der Waals surface area contributed by atoms with Gasteiger partial charge in [-0.25, -0.2) is 0 Å². The zero-order valence-corrected chi connectivity index (χ0v) is 12.8. The average molecular weight is 276 g/mol. The predicted octanol–water partition coefficient (Wildman–Crippen LogP) is 2.83. The van der Waals surface area contributed by atoms with Gasteiger partial charge in [-0.2, -0.15) is 0 Å². The number of nitrogens with zero attached hydrogens (tertiary/aromatic N) is 1. The smallest absolute Gasteiger partial charge is 0.226 e. The topological polar surface area (TPSA) is 49.4 Å². The van der Waals surface area contributed by atoms with Crippen molar-refractivity contribution in [3.8, 4) is 0 Å².